The van der Waals surface area contributed by atoms with Gasteiger partial charge in [-0.2, -0.15) is 17.2 Å². The van der Waals surface area contributed by atoms with Crippen LogP contribution in [0.4, 0.5) is 22.0 Å². The first-order valence-electron chi connectivity index (χ1n) is 5.22. The smallest absolute Gasteiger partial charge is 0.340 e. The topological polar surface area (TPSA) is 56.3 Å². The summed E-state index contributed by atoms with van der Waals surface area (Å²) >= 11 is 2.81. The normalized spacial score (nSPS) is 11.5. The molecule has 0 aliphatic heterocycles. The number of aromatic nitrogens is 1. The Bertz CT molecular complexity index is 830. The maximum absolute atomic E-state index is 13.4. The van der Waals surface area contributed by atoms with Crippen molar-refractivity contribution in [1.29, 1.82) is 0 Å². The summed E-state index contributed by atoms with van der Waals surface area (Å²) in [5.41, 5.74) is 0. The van der Waals surface area contributed by atoms with Crippen LogP contribution in [0.25, 0.3) is 0 Å². The van der Waals surface area contributed by atoms with Gasteiger partial charge < -0.3 is 4.18 Å². The van der Waals surface area contributed by atoms with Crippen LogP contribution in [0.5, 0.6) is 5.75 Å². The molecular formula is C11H3BrF5NO3S. The van der Waals surface area contributed by atoms with Gasteiger partial charge in [0.1, 0.15) is 4.90 Å². The summed E-state index contributed by atoms with van der Waals surface area (Å²) < 4.78 is 93.4. The molecule has 0 atom stereocenters. The zero-order valence-electron chi connectivity index (χ0n) is 10.1. The summed E-state index contributed by atoms with van der Waals surface area (Å²) in [5.74, 6) is -13.8. The van der Waals surface area contributed by atoms with Gasteiger partial charge in [-0.3, -0.25) is 4.98 Å². The second kappa shape index (κ2) is 5.80. The Kier molecular flexibility index (Phi) is 4.38. The van der Waals surface area contributed by atoms with Crippen molar-refractivity contribution in [2.75, 3.05) is 0 Å². The molecule has 0 saturated heterocycles. The molecule has 0 bridgehead atoms. The molecule has 0 aliphatic rings. The SMILES string of the molecule is O=S(=O)(Oc1c(F)c(F)c(F)c(F)c1F)c1ccncc1Br. The predicted octanol–water partition coefficient (Wildman–Crippen LogP) is 3.31. The molecule has 0 radical (unpaired) electrons. The highest BCUT2D eigenvalue weighted by atomic mass is 79.9. The van der Waals surface area contributed by atoms with E-state index in [9.17, 15) is 30.4 Å². The number of benzene rings is 1. The van der Waals surface area contributed by atoms with Crippen LogP contribution in [0, 0.1) is 29.1 Å². The van der Waals surface area contributed by atoms with Crippen LogP contribution in [0.3, 0.4) is 0 Å². The van der Waals surface area contributed by atoms with E-state index in [0.29, 0.717) is 0 Å². The highest BCUT2D eigenvalue weighted by Crippen LogP contribution is 2.32. The molecule has 0 unspecified atom stereocenters. The van der Waals surface area contributed by atoms with Crippen molar-refractivity contribution in [3.05, 3.63) is 52.0 Å². The predicted molar refractivity (Wildman–Crippen MR) is 66.0 cm³/mol. The van der Waals surface area contributed by atoms with Crippen LogP contribution in [0.2, 0.25) is 0 Å². The first-order valence-corrected chi connectivity index (χ1v) is 7.42. The number of halogens is 6. The average molecular weight is 404 g/mol. The molecule has 1 aromatic carbocycles. The minimum absolute atomic E-state index is 0.126. The zero-order valence-corrected chi connectivity index (χ0v) is 12.5. The summed E-state index contributed by atoms with van der Waals surface area (Å²) in [7, 11) is -4.86. The lowest BCUT2D eigenvalue weighted by molar-refractivity contribution is 0.346. The lowest BCUT2D eigenvalue weighted by Crippen LogP contribution is -2.15. The van der Waals surface area contributed by atoms with Crippen molar-refractivity contribution < 1.29 is 34.6 Å². The summed E-state index contributed by atoms with van der Waals surface area (Å²) in [6.45, 7) is 0. The summed E-state index contributed by atoms with van der Waals surface area (Å²) in [6, 6.07) is 0.908. The van der Waals surface area contributed by atoms with Crippen molar-refractivity contribution in [2.45, 2.75) is 4.90 Å². The third kappa shape index (κ3) is 2.77. The molecule has 4 nitrogen and oxygen atoms in total. The highest BCUT2D eigenvalue weighted by molar-refractivity contribution is 9.10. The van der Waals surface area contributed by atoms with Crippen molar-refractivity contribution in [3.63, 3.8) is 0 Å². The van der Waals surface area contributed by atoms with Gasteiger partial charge in [0.05, 0.1) is 4.47 Å². The van der Waals surface area contributed by atoms with E-state index in [4.69, 9.17) is 0 Å². The second-order valence-electron chi connectivity index (χ2n) is 3.74. The lowest BCUT2D eigenvalue weighted by Gasteiger charge is -2.11. The van der Waals surface area contributed by atoms with E-state index in [1.807, 2.05) is 0 Å². The maximum Gasteiger partial charge on any atom is 0.340 e. The fraction of sp³-hybridized carbons (Fsp3) is 0. The zero-order chi connectivity index (χ0) is 16.7. The van der Waals surface area contributed by atoms with E-state index in [1.165, 1.54) is 0 Å². The molecule has 0 saturated carbocycles. The molecule has 0 N–H and O–H groups in total. The van der Waals surface area contributed by atoms with E-state index in [1.54, 1.807) is 0 Å². The van der Waals surface area contributed by atoms with E-state index in [-0.39, 0.29) is 4.47 Å². The van der Waals surface area contributed by atoms with E-state index in [2.05, 4.69) is 25.1 Å². The van der Waals surface area contributed by atoms with Crippen molar-refractivity contribution in [3.8, 4) is 5.75 Å². The van der Waals surface area contributed by atoms with Gasteiger partial charge in [0, 0.05) is 12.4 Å². The highest BCUT2D eigenvalue weighted by Gasteiger charge is 2.31. The fourth-order valence-corrected chi connectivity index (χ4v) is 3.20. The van der Waals surface area contributed by atoms with Crippen molar-refractivity contribution in [1.82, 2.24) is 4.98 Å². The molecule has 2 rings (SSSR count). The van der Waals surface area contributed by atoms with Gasteiger partial charge in [0.15, 0.2) is 0 Å². The molecule has 0 aliphatic carbocycles. The van der Waals surface area contributed by atoms with Crippen LogP contribution < -0.4 is 4.18 Å². The molecule has 22 heavy (non-hydrogen) atoms. The molecule has 0 spiro atoms. The first-order chi connectivity index (χ1) is 10.2. The third-order valence-corrected chi connectivity index (χ3v) is 4.54. The molecule has 11 heteroatoms. The standard InChI is InChI=1S/C11H3BrF5NO3S/c12-4-3-18-2-1-5(4)22(19,20)21-11-9(16)7(14)6(13)8(15)10(11)17/h1-3H. The summed E-state index contributed by atoms with van der Waals surface area (Å²) in [6.07, 6.45) is 2.06. The number of hydrogen-bond acceptors (Lipinski definition) is 4. The maximum atomic E-state index is 13.4. The number of rotatable bonds is 3. The lowest BCUT2D eigenvalue weighted by atomic mass is 10.3. The van der Waals surface area contributed by atoms with E-state index in [0.717, 1.165) is 18.5 Å². The summed E-state index contributed by atoms with van der Waals surface area (Å²) in [4.78, 5) is 2.95. The van der Waals surface area contributed by atoms with Gasteiger partial charge in [-0.05, 0) is 22.0 Å². The Labute approximate surface area is 128 Å². The van der Waals surface area contributed by atoms with Crippen LogP contribution in [-0.2, 0) is 10.1 Å². The van der Waals surface area contributed by atoms with Gasteiger partial charge in [-0.15, -0.1) is 0 Å². The monoisotopic (exact) mass is 403 g/mol. The number of pyridine rings is 1. The Morgan fingerprint density at radius 2 is 1.45 bits per heavy atom. The van der Waals surface area contributed by atoms with Crippen LogP contribution in [0.15, 0.2) is 27.8 Å². The van der Waals surface area contributed by atoms with Gasteiger partial charge in [-0.25, -0.2) is 13.2 Å². The second-order valence-corrected chi connectivity index (χ2v) is 6.11. The number of hydrogen-bond donors (Lipinski definition) is 0. The Hall–Kier alpha value is -1.75. The Morgan fingerprint density at radius 3 is 1.95 bits per heavy atom. The van der Waals surface area contributed by atoms with Crippen molar-refractivity contribution in [2.24, 2.45) is 0 Å². The molecule has 0 amide bonds. The molecular weight excluding hydrogens is 401 g/mol. The first kappa shape index (κ1) is 16.6. The molecule has 1 heterocycles. The average Bonchev–Trinajstić information content (AvgIpc) is 2.48. The largest absolute Gasteiger partial charge is 0.372 e. The molecule has 0 fully saturated rings. The Balaban J connectivity index is 2.59. The van der Waals surface area contributed by atoms with Gasteiger partial charge in [-0.1, -0.05) is 0 Å². The van der Waals surface area contributed by atoms with Crippen LogP contribution in [0.1, 0.15) is 0 Å². The molecule has 1 aromatic heterocycles. The van der Waals surface area contributed by atoms with Gasteiger partial charge >= 0.3 is 10.1 Å². The molecule has 2 aromatic rings. The quantitative estimate of drug-likeness (QED) is 0.341. The minimum atomic E-state index is -4.86. The van der Waals surface area contributed by atoms with Crippen LogP contribution >= 0.6 is 15.9 Å². The van der Waals surface area contributed by atoms with Gasteiger partial charge in [0.2, 0.25) is 34.8 Å². The third-order valence-electron chi connectivity index (χ3n) is 2.37. The fourth-order valence-electron chi connectivity index (χ4n) is 1.38. The van der Waals surface area contributed by atoms with Crippen LogP contribution in [-0.4, -0.2) is 13.4 Å². The Morgan fingerprint density at radius 1 is 0.955 bits per heavy atom. The minimum Gasteiger partial charge on any atom is -0.372 e. The van der Waals surface area contributed by atoms with E-state index < -0.39 is 49.8 Å². The van der Waals surface area contributed by atoms with E-state index >= 15 is 0 Å². The molecule has 118 valence electrons. The van der Waals surface area contributed by atoms with Crippen molar-refractivity contribution >= 4 is 26.0 Å². The number of nitrogens with zero attached hydrogens (tertiary/aromatic N) is 1. The summed E-state index contributed by atoms with van der Waals surface area (Å²) in [5, 5.41) is 0. The van der Waals surface area contributed by atoms with Gasteiger partial charge in [0.25, 0.3) is 0 Å².